The lowest BCUT2D eigenvalue weighted by molar-refractivity contribution is -0.138. The van der Waals surface area contributed by atoms with E-state index in [1.165, 1.54) is 6.92 Å². The number of primary amides is 1. The minimum Gasteiger partial charge on any atom is -0.413 e. The van der Waals surface area contributed by atoms with E-state index in [1.54, 1.807) is 9.80 Å². The minimum atomic E-state index is -2.01. The molecule has 10 nitrogen and oxygen atoms in total. The standard InChI is InChI=1S/C25H46N4O6Si/c1-15(17(3)35-36(7,8)25(4,5)6)23(33)28-12-10-19(14-28)24(34)29-11-9-18(13-29)22(32)27-20(16(2)30)21(26)31/h15-20,30H,9-14H2,1-8H3,(H2,26,31)(H,27,32)/t15-,16+,17+,18+,19+,20-/m0/s1. The number of nitrogens with one attached hydrogen (secondary N) is 1. The van der Waals surface area contributed by atoms with Gasteiger partial charge in [0.2, 0.25) is 23.6 Å². The van der Waals surface area contributed by atoms with Crippen LogP contribution < -0.4 is 11.1 Å². The molecule has 36 heavy (non-hydrogen) atoms. The Hall–Kier alpha value is -1.98. The van der Waals surface area contributed by atoms with E-state index in [9.17, 15) is 24.3 Å². The molecule has 0 aromatic carbocycles. The Balaban J connectivity index is 1.90. The summed E-state index contributed by atoms with van der Waals surface area (Å²) in [6, 6.07) is -1.17. The smallest absolute Gasteiger partial charge is 0.242 e. The highest BCUT2D eigenvalue weighted by molar-refractivity contribution is 6.74. The van der Waals surface area contributed by atoms with E-state index in [0.29, 0.717) is 32.5 Å². The molecule has 0 aromatic heterocycles. The van der Waals surface area contributed by atoms with E-state index >= 15 is 0 Å². The van der Waals surface area contributed by atoms with Crippen LogP contribution in [0.5, 0.6) is 0 Å². The van der Waals surface area contributed by atoms with Crippen LogP contribution in [-0.2, 0) is 23.6 Å². The number of carbonyl (C=O) groups is 4. The van der Waals surface area contributed by atoms with E-state index in [1.807, 2.05) is 13.8 Å². The minimum absolute atomic E-state index is 0.00537. The number of rotatable bonds is 9. The molecule has 2 heterocycles. The van der Waals surface area contributed by atoms with Crippen molar-refractivity contribution >= 4 is 31.9 Å². The van der Waals surface area contributed by atoms with Crippen LogP contribution in [0.15, 0.2) is 0 Å². The normalized spacial score (nSPS) is 24.2. The summed E-state index contributed by atoms with van der Waals surface area (Å²) >= 11 is 0. The van der Waals surface area contributed by atoms with Crippen molar-refractivity contribution in [3.63, 3.8) is 0 Å². The molecule has 2 aliphatic rings. The van der Waals surface area contributed by atoms with Crippen molar-refractivity contribution in [3.05, 3.63) is 0 Å². The Morgan fingerprint density at radius 1 is 1.00 bits per heavy atom. The van der Waals surface area contributed by atoms with Gasteiger partial charge in [-0.3, -0.25) is 19.2 Å². The summed E-state index contributed by atoms with van der Waals surface area (Å²) in [5, 5.41) is 12.2. The second-order valence-corrected chi connectivity index (χ2v) is 16.8. The average Bonchev–Trinajstić information content (AvgIpc) is 3.44. The molecule has 0 saturated carbocycles. The molecule has 6 atom stereocenters. The quantitative estimate of drug-likeness (QED) is 0.384. The van der Waals surface area contributed by atoms with Gasteiger partial charge in [-0.05, 0) is 44.8 Å². The molecule has 0 spiro atoms. The van der Waals surface area contributed by atoms with Crippen molar-refractivity contribution in [2.24, 2.45) is 23.5 Å². The lowest BCUT2D eigenvalue weighted by atomic mass is 10.0. The van der Waals surface area contributed by atoms with Crippen molar-refractivity contribution in [2.75, 3.05) is 26.2 Å². The molecule has 0 radical (unpaired) electrons. The Kier molecular flexibility index (Phi) is 9.74. The Labute approximate surface area is 216 Å². The first-order valence-corrected chi connectivity index (χ1v) is 15.9. The summed E-state index contributed by atoms with van der Waals surface area (Å²) in [4.78, 5) is 53.8. The number of aliphatic hydroxyl groups is 1. The van der Waals surface area contributed by atoms with Gasteiger partial charge < -0.3 is 30.4 Å². The number of hydrogen-bond acceptors (Lipinski definition) is 6. The van der Waals surface area contributed by atoms with Gasteiger partial charge in [0.1, 0.15) is 6.04 Å². The predicted octanol–water partition coefficient (Wildman–Crippen LogP) is 1.08. The number of carbonyl (C=O) groups excluding carboxylic acids is 4. The molecule has 2 fully saturated rings. The van der Waals surface area contributed by atoms with Gasteiger partial charge in [0.05, 0.1) is 30.0 Å². The SMILES string of the molecule is C[C@H](C(=O)N1CC[C@@H](C(=O)N2CC[C@@H](C(=O)N[C@H](C(N)=O)[C@@H](C)O)C2)C1)[C@@H](C)O[Si](C)(C)C(C)(C)C. The molecule has 4 amide bonds. The van der Waals surface area contributed by atoms with Gasteiger partial charge in [-0.1, -0.05) is 27.7 Å². The number of nitrogens with two attached hydrogens (primary N) is 1. The Morgan fingerprint density at radius 2 is 1.53 bits per heavy atom. The highest BCUT2D eigenvalue weighted by Crippen LogP contribution is 2.38. The number of nitrogens with zero attached hydrogens (tertiary/aromatic N) is 2. The van der Waals surface area contributed by atoms with Crippen molar-refractivity contribution in [2.45, 2.75) is 90.8 Å². The maximum atomic E-state index is 13.2. The summed E-state index contributed by atoms with van der Waals surface area (Å²) in [5.41, 5.74) is 5.25. The monoisotopic (exact) mass is 526 g/mol. The van der Waals surface area contributed by atoms with Crippen LogP contribution in [0.3, 0.4) is 0 Å². The number of hydrogen-bond donors (Lipinski definition) is 3. The van der Waals surface area contributed by atoms with E-state index in [-0.39, 0.29) is 41.3 Å². The first kappa shape index (κ1) is 30.2. The fraction of sp³-hybridized carbons (Fsp3) is 0.840. The molecule has 0 bridgehead atoms. The molecule has 4 N–H and O–H groups in total. The van der Waals surface area contributed by atoms with Crippen LogP contribution in [0.2, 0.25) is 18.1 Å². The fourth-order valence-electron chi connectivity index (χ4n) is 4.53. The van der Waals surface area contributed by atoms with Crippen LogP contribution in [0.25, 0.3) is 0 Å². The summed E-state index contributed by atoms with van der Waals surface area (Å²) < 4.78 is 6.43. The van der Waals surface area contributed by atoms with Gasteiger partial charge in [-0.2, -0.15) is 0 Å². The Bertz CT molecular complexity index is 843. The third-order valence-electron chi connectivity index (χ3n) is 8.19. The van der Waals surface area contributed by atoms with Crippen molar-refractivity contribution in [1.82, 2.24) is 15.1 Å². The molecule has 206 valence electrons. The van der Waals surface area contributed by atoms with E-state index < -0.39 is 38.2 Å². The van der Waals surface area contributed by atoms with E-state index in [2.05, 4.69) is 39.2 Å². The van der Waals surface area contributed by atoms with Crippen LogP contribution in [0, 0.1) is 17.8 Å². The van der Waals surface area contributed by atoms with Crippen LogP contribution >= 0.6 is 0 Å². The molecular formula is C25H46N4O6Si. The second kappa shape index (κ2) is 11.6. The average molecular weight is 527 g/mol. The second-order valence-electron chi connectivity index (χ2n) is 12.0. The lowest BCUT2D eigenvalue weighted by Gasteiger charge is -2.40. The number of aliphatic hydroxyl groups excluding tert-OH is 1. The highest BCUT2D eigenvalue weighted by Gasteiger charge is 2.42. The molecule has 0 aliphatic carbocycles. The maximum Gasteiger partial charge on any atom is 0.242 e. The van der Waals surface area contributed by atoms with Gasteiger partial charge in [0, 0.05) is 26.2 Å². The van der Waals surface area contributed by atoms with Crippen LogP contribution in [0.4, 0.5) is 0 Å². The fourth-order valence-corrected chi connectivity index (χ4v) is 6.01. The van der Waals surface area contributed by atoms with Gasteiger partial charge in [0.15, 0.2) is 8.32 Å². The third kappa shape index (κ3) is 7.07. The van der Waals surface area contributed by atoms with Gasteiger partial charge in [0.25, 0.3) is 0 Å². The van der Waals surface area contributed by atoms with Gasteiger partial charge >= 0.3 is 0 Å². The topological polar surface area (TPSA) is 142 Å². The lowest BCUT2D eigenvalue weighted by Crippen LogP contribution is -2.52. The van der Waals surface area contributed by atoms with E-state index in [4.69, 9.17) is 10.2 Å². The summed E-state index contributed by atoms with van der Waals surface area (Å²) in [5.74, 6) is -2.33. The highest BCUT2D eigenvalue weighted by atomic mass is 28.4. The van der Waals surface area contributed by atoms with Crippen molar-refractivity contribution in [3.8, 4) is 0 Å². The maximum absolute atomic E-state index is 13.2. The predicted molar refractivity (Wildman–Crippen MR) is 139 cm³/mol. The van der Waals surface area contributed by atoms with Crippen molar-refractivity contribution in [1.29, 1.82) is 0 Å². The number of amides is 4. The zero-order valence-corrected chi connectivity index (χ0v) is 24.2. The first-order valence-electron chi connectivity index (χ1n) is 13.0. The molecule has 2 rings (SSSR count). The molecule has 2 aliphatic heterocycles. The zero-order valence-electron chi connectivity index (χ0n) is 23.2. The first-order chi connectivity index (χ1) is 16.5. The van der Waals surface area contributed by atoms with E-state index in [0.717, 1.165) is 0 Å². The summed E-state index contributed by atoms with van der Waals surface area (Å²) in [7, 11) is -2.01. The molecule has 2 saturated heterocycles. The molecule has 0 unspecified atom stereocenters. The van der Waals surface area contributed by atoms with Crippen molar-refractivity contribution < 1.29 is 28.7 Å². The van der Waals surface area contributed by atoms with Crippen LogP contribution in [0.1, 0.15) is 54.4 Å². The zero-order chi connectivity index (χ0) is 27.6. The molecule has 11 heteroatoms. The molecular weight excluding hydrogens is 480 g/mol. The number of likely N-dealkylation sites (tertiary alicyclic amines) is 2. The molecule has 0 aromatic rings. The summed E-state index contributed by atoms with van der Waals surface area (Å²) in [6.07, 6.45) is -0.257. The third-order valence-corrected chi connectivity index (χ3v) is 12.8. The summed E-state index contributed by atoms with van der Waals surface area (Å²) in [6.45, 7) is 17.7. The van der Waals surface area contributed by atoms with Gasteiger partial charge in [-0.15, -0.1) is 0 Å². The van der Waals surface area contributed by atoms with Gasteiger partial charge in [-0.25, -0.2) is 0 Å². The Morgan fingerprint density at radius 3 is 2.06 bits per heavy atom. The largest absolute Gasteiger partial charge is 0.413 e. The van der Waals surface area contributed by atoms with Crippen LogP contribution in [-0.4, -0.2) is 91.3 Å².